The summed E-state index contributed by atoms with van der Waals surface area (Å²) >= 11 is 0. The van der Waals surface area contributed by atoms with Crippen molar-refractivity contribution < 1.29 is 4.52 Å². The van der Waals surface area contributed by atoms with Crippen LogP contribution >= 0.6 is 0 Å². The lowest BCUT2D eigenvalue weighted by atomic mass is 10.2. The first-order valence-electron chi connectivity index (χ1n) is 6.26. The minimum atomic E-state index is 0.407. The molecule has 1 aliphatic rings. The highest BCUT2D eigenvalue weighted by Gasteiger charge is 2.38. The van der Waals surface area contributed by atoms with E-state index in [4.69, 9.17) is 4.52 Å². The first-order chi connectivity index (χ1) is 7.70. The van der Waals surface area contributed by atoms with Gasteiger partial charge in [0.1, 0.15) is 0 Å². The van der Waals surface area contributed by atoms with Crippen LogP contribution in [0.3, 0.4) is 0 Å². The van der Waals surface area contributed by atoms with E-state index in [0.717, 1.165) is 37.0 Å². The summed E-state index contributed by atoms with van der Waals surface area (Å²) in [6.07, 6.45) is 3.19. The molecule has 4 nitrogen and oxygen atoms in total. The van der Waals surface area contributed by atoms with Crippen LogP contribution in [0, 0.1) is 5.92 Å². The smallest absolute Gasteiger partial charge is 0.228 e. The maximum absolute atomic E-state index is 5.26. The fraction of sp³-hybridized carbons (Fsp3) is 0.833. The van der Waals surface area contributed by atoms with E-state index in [-0.39, 0.29) is 0 Å². The Balaban J connectivity index is 1.83. The predicted molar refractivity (Wildman–Crippen MR) is 62.3 cm³/mol. The van der Waals surface area contributed by atoms with Gasteiger partial charge in [-0.1, -0.05) is 19.0 Å². The molecule has 4 heteroatoms. The summed E-state index contributed by atoms with van der Waals surface area (Å²) in [7, 11) is 0. The van der Waals surface area contributed by atoms with Gasteiger partial charge in [0.25, 0.3) is 0 Å². The molecular weight excluding hydrogens is 202 g/mol. The molecule has 1 aliphatic carbocycles. The average Bonchev–Trinajstić information content (AvgIpc) is 2.80. The maximum atomic E-state index is 5.26. The third-order valence-corrected chi connectivity index (χ3v) is 3.15. The van der Waals surface area contributed by atoms with Crippen LogP contribution in [0.25, 0.3) is 0 Å². The monoisotopic (exact) mass is 223 g/mol. The molecule has 3 atom stereocenters. The molecule has 1 aromatic heterocycles. The minimum absolute atomic E-state index is 0.407. The van der Waals surface area contributed by atoms with Crippen molar-refractivity contribution in [3.63, 3.8) is 0 Å². The molecule has 0 bridgehead atoms. The van der Waals surface area contributed by atoms with Gasteiger partial charge in [0, 0.05) is 18.4 Å². The lowest BCUT2D eigenvalue weighted by molar-refractivity contribution is 0.357. The van der Waals surface area contributed by atoms with E-state index in [0.29, 0.717) is 12.0 Å². The van der Waals surface area contributed by atoms with Crippen LogP contribution in [-0.4, -0.2) is 22.7 Å². The summed E-state index contributed by atoms with van der Waals surface area (Å²) in [6.45, 7) is 7.59. The molecule has 3 unspecified atom stereocenters. The summed E-state index contributed by atoms with van der Waals surface area (Å²) in [4.78, 5) is 4.45. The van der Waals surface area contributed by atoms with Crippen LogP contribution in [0.5, 0.6) is 0 Å². The molecule has 0 spiro atoms. The molecular formula is C12H21N3O. The largest absolute Gasteiger partial charge is 0.339 e. The van der Waals surface area contributed by atoms with Gasteiger partial charge in [0.05, 0.1) is 0 Å². The molecule has 2 rings (SSSR count). The van der Waals surface area contributed by atoms with Crippen molar-refractivity contribution in [3.8, 4) is 0 Å². The quantitative estimate of drug-likeness (QED) is 0.802. The third-order valence-electron chi connectivity index (χ3n) is 3.15. The highest BCUT2D eigenvalue weighted by Crippen LogP contribution is 2.45. The Morgan fingerprint density at radius 3 is 2.94 bits per heavy atom. The van der Waals surface area contributed by atoms with Crippen LogP contribution in [0.2, 0.25) is 0 Å². The number of rotatable bonds is 6. The van der Waals surface area contributed by atoms with Gasteiger partial charge in [0.2, 0.25) is 5.89 Å². The summed E-state index contributed by atoms with van der Waals surface area (Å²) in [6, 6.07) is 0.407. The highest BCUT2D eigenvalue weighted by molar-refractivity contribution is 5.07. The second-order valence-electron chi connectivity index (χ2n) is 4.93. The first kappa shape index (κ1) is 11.6. The number of aromatic nitrogens is 2. The second-order valence-corrected chi connectivity index (χ2v) is 4.93. The van der Waals surface area contributed by atoms with E-state index >= 15 is 0 Å². The molecule has 1 heterocycles. The topological polar surface area (TPSA) is 51.0 Å². The lowest BCUT2D eigenvalue weighted by Gasteiger charge is -2.09. The standard InChI is InChI=1S/C12H21N3O/c1-4-5-13-9(3)7-11-14-12(15-16-11)10-6-8(10)2/h8-10,13H,4-7H2,1-3H3. The molecule has 0 radical (unpaired) electrons. The van der Waals surface area contributed by atoms with E-state index in [1.54, 1.807) is 0 Å². The van der Waals surface area contributed by atoms with Gasteiger partial charge in [-0.3, -0.25) is 0 Å². The van der Waals surface area contributed by atoms with Crippen molar-refractivity contribution in [2.24, 2.45) is 5.92 Å². The lowest BCUT2D eigenvalue weighted by Crippen LogP contribution is -2.28. The average molecular weight is 223 g/mol. The minimum Gasteiger partial charge on any atom is -0.339 e. The number of nitrogens with zero attached hydrogens (tertiary/aromatic N) is 2. The zero-order valence-electron chi connectivity index (χ0n) is 10.4. The summed E-state index contributed by atoms with van der Waals surface area (Å²) in [5.41, 5.74) is 0. The molecule has 0 aromatic carbocycles. The summed E-state index contributed by atoms with van der Waals surface area (Å²) in [5, 5.41) is 7.46. The maximum Gasteiger partial charge on any atom is 0.228 e. The van der Waals surface area contributed by atoms with E-state index in [1.807, 2.05) is 0 Å². The van der Waals surface area contributed by atoms with Gasteiger partial charge in [-0.05, 0) is 32.2 Å². The molecule has 16 heavy (non-hydrogen) atoms. The van der Waals surface area contributed by atoms with Crippen LogP contribution < -0.4 is 5.32 Å². The fourth-order valence-corrected chi connectivity index (χ4v) is 1.91. The van der Waals surface area contributed by atoms with Crippen LogP contribution in [0.4, 0.5) is 0 Å². The SMILES string of the molecule is CCCNC(C)Cc1nc(C2CC2C)no1. The van der Waals surface area contributed by atoms with Crippen LogP contribution in [0.1, 0.15) is 51.2 Å². The van der Waals surface area contributed by atoms with E-state index in [1.165, 1.54) is 6.42 Å². The van der Waals surface area contributed by atoms with Gasteiger partial charge in [-0.15, -0.1) is 0 Å². The molecule has 1 fully saturated rings. The van der Waals surface area contributed by atoms with Crippen LogP contribution in [0.15, 0.2) is 4.52 Å². The van der Waals surface area contributed by atoms with Crippen molar-refractivity contribution in [1.29, 1.82) is 0 Å². The highest BCUT2D eigenvalue weighted by atomic mass is 16.5. The van der Waals surface area contributed by atoms with Crippen molar-refractivity contribution in [2.75, 3.05) is 6.54 Å². The molecule has 1 N–H and O–H groups in total. The Hall–Kier alpha value is -0.900. The Labute approximate surface area is 96.8 Å². The summed E-state index contributed by atoms with van der Waals surface area (Å²) in [5.74, 6) is 2.97. The summed E-state index contributed by atoms with van der Waals surface area (Å²) < 4.78 is 5.26. The van der Waals surface area contributed by atoms with E-state index < -0.39 is 0 Å². The van der Waals surface area contributed by atoms with Crippen molar-refractivity contribution in [1.82, 2.24) is 15.5 Å². The number of nitrogens with one attached hydrogen (secondary N) is 1. The second kappa shape index (κ2) is 4.95. The Morgan fingerprint density at radius 1 is 1.56 bits per heavy atom. The zero-order valence-corrected chi connectivity index (χ0v) is 10.4. The molecule has 0 aliphatic heterocycles. The Morgan fingerprint density at radius 2 is 2.31 bits per heavy atom. The van der Waals surface area contributed by atoms with Crippen LogP contribution in [-0.2, 0) is 6.42 Å². The van der Waals surface area contributed by atoms with E-state index in [2.05, 4.69) is 36.2 Å². The van der Waals surface area contributed by atoms with Crippen molar-refractivity contribution in [2.45, 2.75) is 52.0 Å². The number of hydrogen-bond acceptors (Lipinski definition) is 4. The Kier molecular flexibility index (Phi) is 3.59. The van der Waals surface area contributed by atoms with Gasteiger partial charge in [-0.25, -0.2) is 0 Å². The predicted octanol–water partition coefficient (Wildman–Crippen LogP) is 2.12. The fourth-order valence-electron chi connectivity index (χ4n) is 1.91. The zero-order chi connectivity index (χ0) is 11.5. The van der Waals surface area contributed by atoms with Gasteiger partial charge >= 0.3 is 0 Å². The van der Waals surface area contributed by atoms with E-state index in [9.17, 15) is 0 Å². The molecule has 1 saturated carbocycles. The van der Waals surface area contributed by atoms with Gasteiger partial charge in [-0.2, -0.15) is 4.98 Å². The molecule has 1 aromatic rings. The Bertz CT molecular complexity index is 337. The molecule has 0 amide bonds. The molecule has 0 saturated heterocycles. The van der Waals surface area contributed by atoms with Gasteiger partial charge < -0.3 is 9.84 Å². The third kappa shape index (κ3) is 2.82. The first-order valence-corrected chi connectivity index (χ1v) is 6.26. The molecule has 90 valence electrons. The van der Waals surface area contributed by atoms with Crippen molar-refractivity contribution >= 4 is 0 Å². The number of hydrogen-bond donors (Lipinski definition) is 1. The van der Waals surface area contributed by atoms with Gasteiger partial charge in [0.15, 0.2) is 5.82 Å². The normalized spacial score (nSPS) is 25.7. The van der Waals surface area contributed by atoms with Crippen molar-refractivity contribution in [3.05, 3.63) is 11.7 Å².